The Hall–Kier alpha value is -1.67. The Labute approximate surface area is 109 Å². The number of hydrogen-bond donors (Lipinski definition) is 1. The molecule has 1 aromatic carbocycles. The van der Waals surface area contributed by atoms with E-state index in [0.29, 0.717) is 6.04 Å². The highest BCUT2D eigenvalue weighted by atomic mass is 14.9. The summed E-state index contributed by atoms with van der Waals surface area (Å²) in [5, 5.41) is 3.57. The maximum Gasteiger partial charge on any atom is 0.0363 e. The van der Waals surface area contributed by atoms with Crippen LogP contribution in [0.1, 0.15) is 29.7 Å². The Morgan fingerprint density at radius 3 is 2.50 bits per heavy atom. The van der Waals surface area contributed by atoms with Crippen LogP contribution in [0.4, 0.5) is 0 Å². The molecule has 1 unspecified atom stereocenters. The molecule has 0 spiro atoms. The van der Waals surface area contributed by atoms with E-state index in [-0.39, 0.29) is 0 Å². The van der Waals surface area contributed by atoms with E-state index in [1.807, 2.05) is 12.4 Å². The standard InChI is InChI=1S/C16H20N2/c1-3-18-16(12-14-8-10-17-11-9-14)15-7-5-4-6-13(15)2/h4-11,16,18H,3,12H2,1-2H3. The van der Waals surface area contributed by atoms with Crippen LogP contribution in [0.3, 0.4) is 0 Å². The monoisotopic (exact) mass is 240 g/mol. The molecule has 0 radical (unpaired) electrons. The Morgan fingerprint density at radius 2 is 1.83 bits per heavy atom. The normalized spacial score (nSPS) is 12.3. The minimum Gasteiger partial charge on any atom is -0.310 e. The van der Waals surface area contributed by atoms with Crippen LogP contribution in [0.5, 0.6) is 0 Å². The van der Waals surface area contributed by atoms with E-state index in [0.717, 1.165) is 13.0 Å². The van der Waals surface area contributed by atoms with Crippen LogP contribution < -0.4 is 5.32 Å². The third kappa shape index (κ3) is 3.17. The van der Waals surface area contributed by atoms with Crippen LogP contribution >= 0.6 is 0 Å². The summed E-state index contributed by atoms with van der Waals surface area (Å²) in [4.78, 5) is 4.07. The van der Waals surface area contributed by atoms with Crippen molar-refractivity contribution in [3.05, 3.63) is 65.5 Å². The first-order valence-electron chi connectivity index (χ1n) is 6.49. The lowest BCUT2D eigenvalue weighted by molar-refractivity contribution is 0.547. The zero-order chi connectivity index (χ0) is 12.8. The molecule has 1 aromatic heterocycles. The first-order chi connectivity index (χ1) is 8.81. The third-order valence-corrected chi connectivity index (χ3v) is 3.20. The maximum absolute atomic E-state index is 4.07. The van der Waals surface area contributed by atoms with Crippen molar-refractivity contribution in [1.29, 1.82) is 0 Å². The number of nitrogens with zero attached hydrogens (tertiary/aromatic N) is 1. The van der Waals surface area contributed by atoms with E-state index in [1.54, 1.807) is 0 Å². The van der Waals surface area contributed by atoms with Crippen LogP contribution in [-0.4, -0.2) is 11.5 Å². The van der Waals surface area contributed by atoms with Gasteiger partial charge in [-0.3, -0.25) is 4.98 Å². The van der Waals surface area contributed by atoms with Gasteiger partial charge in [0.25, 0.3) is 0 Å². The second kappa shape index (κ2) is 6.31. The average molecular weight is 240 g/mol. The summed E-state index contributed by atoms with van der Waals surface area (Å²) in [7, 11) is 0. The van der Waals surface area contributed by atoms with E-state index >= 15 is 0 Å². The SMILES string of the molecule is CCNC(Cc1ccncc1)c1ccccc1C. The fourth-order valence-electron chi connectivity index (χ4n) is 2.27. The average Bonchev–Trinajstić information content (AvgIpc) is 2.40. The second-order valence-corrected chi connectivity index (χ2v) is 4.53. The number of likely N-dealkylation sites (N-methyl/N-ethyl adjacent to an activating group) is 1. The molecule has 94 valence electrons. The summed E-state index contributed by atoms with van der Waals surface area (Å²) >= 11 is 0. The third-order valence-electron chi connectivity index (χ3n) is 3.20. The van der Waals surface area contributed by atoms with Gasteiger partial charge in [0.1, 0.15) is 0 Å². The van der Waals surface area contributed by atoms with Crippen LogP contribution in [0.25, 0.3) is 0 Å². The molecule has 0 saturated heterocycles. The number of rotatable bonds is 5. The fourth-order valence-corrected chi connectivity index (χ4v) is 2.27. The fraction of sp³-hybridized carbons (Fsp3) is 0.312. The van der Waals surface area contributed by atoms with Crippen LogP contribution in [0, 0.1) is 6.92 Å². The number of pyridine rings is 1. The number of aromatic nitrogens is 1. The predicted octanol–water partition coefficient (Wildman–Crippen LogP) is 3.28. The van der Waals surface area contributed by atoms with Gasteiger partial charge >= 0.3 is 0 Å². The molecule has 1 heterocycles. The van der Waals surface area contributed by atoms with E-state index in [4.69, 9.17) is 0 Å². The highest BCUT2D eigenvalue weighted by Crippen LogP contribution is 2.21. The molecule has 2 nitrogen and oxygen atoms in total. The topological polar surface area (TPSA) is 24.9 Å². The van der Waals surface area contributed by atoms with Gasteiger partial charge in [-0.25, -0.2) is 0 Å². The summed E-state index contributed by atoms with van der Waals surface area (Å²) in [5.41, 5.74) is 4.05. The summed E-state index contributed by atoms with van der Waals surface area (Å²) in [6.07, 6.45) is 4.72. The quantitative estimate of drug-likeness (QED) is 0.867. The molecule has 0 aliphatic carbocycles. The van der Waals surface area contributed by atoms with E-state index in [1.165, 1.54) is 16.7 Å². The van der Waals surface area contributed by atoms with Gasteiger partial charge in [-0.2, -0.15) is 0 Å². The first kappa shape index (κ1) is 12.8. The van der Waals surface area contributed by atoms with Crippen molar-refractivity contribution in [2.75, 3.05) is 6.54 Å². The Kier molecular flexibility index (Phi) is 4.48. The molecule has 0 fully saturated rings. The molecular formula is C16H20N2. The minimum atomic E-state index is 0.374. The van der Waals surface area contributed by atoms with Gasteiger partial charge < -0.3 is 5.32 Å². The van der Waals surface area contributed by atoms with Crippen LogP contribution in [0.15, 0.2) is 48.8 Å². The Balaban J connectivity index is 2.21. The molecule has 18 heavy (non-hydrogen) atoms. The predicted molar refractivity (Wildman–Crippen MR) is 75.5 cm³/mol. The zero-order valence-corrected chi connectivity index (χ0v) is 11.1. The number of nitrogens with one attached hydrogen (secondary N) is 1. The van der Waals surface area contributed by atoms with Crippen molar-refractivity contribution in [2.24, 2.45) is 0 Å². The van der Waals surface area contributed by atoms with E-state index < -0.39 is 0 Å². The highest BCUT2D eigenvalue weighted by Gasteiger charge is 2.12. The van der Waals surface area contributed by atoms with Crippen LogP contribution in [-0.2, 0) is 6.42 Å². The molecule has 2 aromatic rings. The van der Waals surface area contributed by atoms with Gasteiger partial charge in [0.2, 0.25) is 0 Å². The molecule has 0 amide bonds. The summed E-state index contributed by atoms with van der Waals surface area (Å²) < 4.78 is 0. The molecule has 0 bridgehead atoms. The summed E-state index contributed by atoms with van der Waals surface area (Å²) in [6.45, 7) is 5.30. The van der Waals surface area contributed by atoms with Gasteiger partial charge in [0.05, 0.1) is 0 Å². The number of aryl methyl sites for hydroxylation is 1. The summed E-state index contributed by atoms with van der Waals surface area (Å²) in [5.74, 6) is 0. The molecule has 0 aliphatic heterocycles. The van der Waals surface area contributed by atoms with Gasteiger partial charge in [-0.1, -0.05) is 31.2 Å². The lowest BCUT2D eigenvalue weighted by atomic mass is 9.96. The van der Waals surface area contributed by atoms with E-state index in [9.17, 15) is 0 Å². The number of benzene rings is 1. The Bertz CT molecular complexity index is 479. The summed E-state index contributed by atoms with van der Waals surface area (Å²) in [6, 6.07) is 13.1. The van der Waals surface area contributed by atoms with Crippen LogP contribution in [0.2, 0.25) is 0 Å². The van der Waals surface area contributed by atoms with Gasteiger partial charge in [0, 0.05) is 18.4 Å². The van der Waals surface area contributed by atoms with Crippen molar-refractivity contribution in [3.8, 4) is 0 Å². The van der Waals surface area contributed by atoms with Crippen molar-refractivity contribution in [2.45, 2.75) is 26.3 Å². The van der Waals surface area contributed by atoms with Gasteiger partial charge in [-0.15, -0.1) is 0 Å². The number of hydrogen-bond acceptors (Lipinski definition) is 2. The molecule has 1 N–H and O–H groups in total. The first-order valence-corrected chi connectivity index (χ1v) is 6.49. The zero-order valence-electron chi connectivity index (χ0n) is 11.1. The maximum atomic E-state index is 4.07. The van der Waals surface area contributed by atoms with E-state index in [2.05, 4.69) is 60.5 Å². The lowest BCUT2D eigenvalue weighted by Crippen LogP contribution is -2.23. The van der Waals surface area contributed by atoms with Crippen molar-refractivity contribution < 1.29 is 0 Å². The Morgan fingerprint density at radius 1 is 1.11 bits per heavy atom. The molecule has 0 aliphatic rings. The van der Waals surface area contributed by atoms with Gasteiger partial charge in [0.15, 0.2) is 0 Å². The van der Waals surface area contributed by atoms with Gasteiger partial charge in [-0.05, 0) is 48.7 Å². The molecular weight excluding hydrogens is 220 g/mol. The molecule has 1 atom stereocenters. The molecule has 0 saturated carbocycles. The van der Waals surface area contributed by atoms with Crippen molar-refractivity contribution >= 4 is 0 Å². The smallest absolute Gasteiger partial charge is 0.0363 e. The molecule has 2 rings (SSSR count). The largest absolute Gasteiger partial charge is 0.310 e. The molecule has 2 heteroatoms. The second-order valence-electron chi connectivity index (χ2n) is 4.53. The van der Waals surface area contributed by atoms with Crippen molar-refractivity contribution in [1.82, 2.24) is 10.3 Å². The van der Waals surface area contributed by atoms with Crippen molar-refractivity contribution in [3.63, 3.8) is 0 Å². The lowest BCUT2D eigenvalue weighted by Gasteiger charge is -2.20. The minimum absolute atomic E-state index is 0.374. The highest BCUT2D eigenvalue weighted by molar-refractivity contribution is 5.30.